The van der Waals surface area contributed by atoms with Crippen LogP contribution in [0.4, 0.5) is 5.82 Å². The van der Waals surface area contributed by atoms with Gasteiger partial charge in [0.1, 0.15) is 0 Å². The summed E-state index contributed by atoms with van der Waals surface area (Å²) < 4.78 is 30.2. The number of anilines is 1. The van der Waals surface area contributed by atoms with E-state index in [0.717, 1.165) is 27.8 Å². The van der Waals surface area contributed by atoms with Gasteiger partial charge in [-0.05, 0) is 67.6 Å². The molecule has 3 aromatic rings. The molecule has 0 unspecified atom stereocenters. The summed E-state index contributed by atoms with van der Waals surface area (Å²) in [7, 11) is -3.76. The summed E-state index contributed by atoms with van der Waals surface area (Å²) in [6, 6.07) is 8.85. The first-order valence-electron chi connectivity index (χ1n) is 8.66. The maximum absolute atomic E-state index is 13.0. The summed E-state index contributed by atoms with van der Waals surface area (Å²) in [5.41, 5.74) is 4.19. The van der Waals surface area contributed by atoms with Crippen molar-refractivity contribution in [3.8, 4) is 0 Å². The molecule has 3 rings (SSSR count). The van der Waals surface area contributed by atoms with E-state index >= 15 is 0 Å². The quantitative estimate of drug-likeness (QED) is 0.590. The Morgan fingerprint density at radius 3 is 2.25 bits per heavy atom. The highest BCUT2D eigenvalue weighted by Crippen LogP contribution is 2.28. The Morgan fingerprint density at radius 2 is 1.64 bits per heavy atom. The van der Waals surface area contributed by atoms with Gasteiger partial charge in [0.15, 0.2) is 5.82 Å². The van der Waals surface area contributed by atoms with Crippen LogP contribution in [0.25, 0.3) is 0 Å². The average Bonchev–Trinajstić information content (AvgIpc) is 3.02. The highest BCUT2D eigenvalue weighted by atomic mass is 35.5. The number of nitrogens with one attached hydrogen (secondary N) is 1. The first-order chi connectivity index (χ1) is 13.1. The highest BCUT2D eigenvalue weighted by Gasteiger charge is 2.23. The van der Waals surface area contributed by atoms with Crippen molar-refractivity contribution in [2.45, 2.75) is 39.1 Å². The van der Waals surface area contributed by atoms with Gasteiger partial charge in [-0.1, -0.05) is 35.3 Å². The van der Waals surface area contributed by atoms with Crippen LogP contribution in [0.3, 0.4) is 0 Å². The van der Waals surface area contributed by atoms with Gasteiger partial charge in [-0.15, -0.1) is 0 Å². The van der Waals surface area contributed by atoms with Gasteiger partial charge in [-0.2, -0.15) is 5.10 Å². The number of halogens is 2. The van der Waals surface area contributed by atoms with E-state index in [0.29, 0.717) is 21.5 Å². The first-order valence-corrected chi connectivity index (χ1v) is 10.9. The molecule has 1 heterocycles. The number of rotatable bonds is 5. The molecule has 1 aromatic heterocycles. The van der Waals surface area contributed by atoms with Crippen molar-refractivity contribution in [3.63, 3.8) is 0 Å². The average molecular weight is 438 g/mol. The number of hydrogen-bond donors (Lipinski definition) is 1. The number of hydrogen-bond acceptors (Lipinski definition) is 3. The summed E-state index contributed by atoms with van der Waals surface area (Å²) in [6.07, 6.45) is 1.70. The maximum atomic E-state index is 13.0. The molecule has 0 aliphatic carbocycles. The number of sulfonamides is 1. The van der Waals surface area contributed by atoms with Gasteiger partial charge in [-0.3, -0.25) is 9.40 Å². The third kappa shape index (κ3) is 4.19. The van der Waals surface area contributed by atoms with E-state index in [9.17, 15) is 8.42 Å². The normalized spacial score (nSPS) is 11.6. The number of aryl methyl sites for hydroxylation is 2. The minimum absolute atomic E-state index is 0.253. The molecule has 0 fully saturated rings. The van der Waals surface area contributed by atoms with Gasteiger partial charge in [0.25, 0.3) is 10.0 Å². The second-order valence-corrected chi connectivity index (χ2v) is 9.29. The lowest BCUT2D eigenvalue weighted by Crippen LogP contribution is -2.17. The van der Waals surface area contributed by atoms with Crippen LogP contribution in [0.2, 0.25) is 10.0 Å². The fourth-order valence-corrected chi connectivity index (χ4v) is 5.18. The van der Waals surface area contributed by atoms with Gasteiger partial charge < -0.3 is 0 Å². The molecule has 0 radical (unpaired) electrons. The van der Waals surface area contributed by atoms with Crippen molar-refractivity contribution < 1.29 is 8.42 Å². The molecule has 28 heavy (non-hydrogen) atoms. The lowest BCUT2D eigenvalue weighted by Gasteiger charge is -2.15. The Balaban J connectivity index is 1.87. The molecule has 1 N–H and O–H groups in total. The Kier molecular flexibility index (Phi) is 5.75. The fourth-order valence-electron chi connectivity index (χ4n) is 3.10. The molecule has 0 atom stereocenters. The zero-order chi connectivity index (χ0) is 20.6. The molecular weight excluding hydrogens is 417 g/mol. The highest BCUT2D eigenvalue weighted by molar-refractivity contribution is 7.92. The third-order valence-electron chi connectivity index (χ3n) is 4.79. The van der Waals surface area contributed by atoms with E-state index < -0.39 is 10.0 Å². The second kappa shape index (κ2) is 7.78. The SMILES string of the molecule is Cc1cc(C)c(C)c(S(=O)(=O)Nc2ccn(Cc3ccc(Cl)cc3Cl)n2)c1C. The van der Waals surface area contributed by atoms with Crippen LogP contribution in [0, 0.1) is 27.7 Å². The van der Waals surface area contributed by atoms with Crippen LogP contribution in [-0.2, 0) is 16.6 Å². The summed E-state index contributed by atoms with van der Waals surface area (Å²) in [4.78, 5) is 0.306. The molecule has 148 valence electrons. The minimum Gasteiger partial charge on any atom is -0.266 e. The third-order valence-corrected chi connectivity index (χ3v) is 7.01. The monoisotopic (exact) mass is 437 g/mol. The smallest absolute Gasteiger partial charge is 0.263 e. The van der Waals surface area contributed by atoms with Gasteiger partial charge in [0.2, 0.25) is 0 Å². The van der Waals surface area contributed by atoms with Gasteiger partial charge in [0.05, 0.1) is 11.4 Å². The van der Waals surface area contributed by atoms with Crippen molar-refractivity contribution in [3.05, 3.63) is 74.4 Å². The fraction of sp³-hybridized carbons (Fsp3) is 0.250. The molecule has 8 heteroatoms. The zero-order valence-electron chi connectivity index (χ0n) is 16.0. The summed E-state index contributed by atoms with van der Waals surface area (Å²) in [6.45, 7) is 7.85. The summed E-state index contributed by atoms with van der Waals surface area (Å²) in [5, 5.41) is 5.41. The van der Waals surface area contributed by atoms with Crippen LogP contribution in [-0.4, -0.2) is 18.2 Å². The maximum Gasteiger partial charge on any atom is 0.263 e. The van der Waals surface area contributed by atoms with E-state index in [2.05, 4.69) is 9.82 Å². The van der Waals surface area contributed by atoms with Crippen LogP contribution in [0.5, 0.6) is 0 Å². The standard InChI is InChI=1S/C20H21Cl2N3O2S/c1-12-9-13(2)15(4)20(14(12)3)28(26,27)24-19-7-8-25(23-19)11-16-5-6-17(21)10-18(16)22/h5-10H,11H2,1-4H3,(H,23,24). The van der Waals surface area contributed by atoms with E-state index in [1.807, 2.05) is 39.8 Å². The topological polar surface area (TPSA) is 64.0 Å². The Labute approximate surface area is 175 Å². The van der Waals surface area contributed by atoms with Crippen molar-refractivity contribution in [2.24, 2.45) is 0 Å². The molecule has 0 bridgehead atoms. The number of benzene rings is 2. The van der Waals surface area contributed by atoms with Crippen molar-refractivity contribution in [1.29, 1.82) is 0 Å². The lowest BCUT2D eigenvalue weighted by molar-refractivity contribution is 0.599. The van der Waals surface area contributed by atoms with Gasteiger partial charge in [-0.25, -0.2) is 8.42 Å². The largest absolute Gasteiger partial charge is 0.266 e. The number of nitrogens with zero attached hydrogens (tertiary/aromatic N) is 2. The Bertz CT molecular complexity index is 1130. The second-order valence-electron chi connectivity index (χ2n) is 6.83. The first kappa shape index (κ1) is 20.7. The molecule has 0 saturated heterocycles. The van der Waals surface area contributed by atoms with Crippen molar-refractivity contribution in [1.82, 2.24) is 9.78 Å². The molecular formula is C20H21Cl2N3O2S. The molecule has 0 aliphatic rings. The van der Waals surface area contributed by atoms with E-state index in [1.165, 1.54) is 0 Å². The van der Waals surface area contributed by atoms with E-state index in [1.54, 1.807) is 29.1 Å². The molecule has 0 amide bonds. The van der Waals surface area contributed by atoms with E-state index in [-0.39, 0.29) is 5.82 Å². The predicted octanol–water partition coefficient (Wildman–Crippen LogP) is 5.27. The van der Waals surface area contributed by atoms with Crippen LogP contribution >= 0.6 is 23.2 Å². The lowest BCUT2D eigenvalue weighted by atomic mass is 10.0. The predicted molar refractivity (Wildman–Crippen MR) is 114 cm³/mol. The Morgan fingerprint density at radius 1 is 1.00 bits per heavy atom. The van der Waals surface area contributed by atoms with Gasteiger partial charge >= 0.3 is 0 Å². The van der Waals surface area contributed by atoms with Crippen molar-refractivity contribution in [2.75, 3.05) is 4.72 Å². The zero-order valence-corrected chi connectivity index (χ0v) is 18.4. The van der Waals surface area contributed by atoms with Crippen molar-refractivity contribution >= 4 is 39.0 Å². The van der Waals surface area contributed by atoms with Crippen LogP contribution in [0.1, 0.15) is 27.8 Å². The summed E-state index contributed by atoms with van der Waals surface area (Å²) in [5.74, 6) is 0.253. The van der Waals surface area contributed by atoms with Crippen LogP contribution < -0.4 is 4.72 Å². The molecule has 0 aliphatic heterocycles. The molecule has 0 spiro atoms. The van der Waals surface area contributed by atoms with Crippen LogP contribution in [0.15, 0.2) is 41.4 Å². The molecule has 0 saturated carbocycles. The minimum atomic E-state index is -3.76. The Hall–Kier alpha value is -2.02. The molecule has 2 aromatic carbocycles. The van der Waals surface area contributed by atoms with E-state index in [4.69, 9.17) is 23.2 Å². The summed E-state index contributed by atoms with van der Waals surface area (Å²) >= 11 is 12.1. The van der Waals surface area contributed by atoms with Gasteiger partial charge in [0, 0.05) is 22.3 Å². The molecule has 5 nitrogen and oxygen atoms in total. The number of aromatic nitrogens is 2.